The third kappa shape index (κ3) is 4.06. The minimum atomic E-state index is -1.18. The molecule has 0 fully saturated rings. The minimum Gasteiger partial charge on any atom is -0.497 e. The van der Waals surface area contributed by atoms with Crippen molar-refractivity contribution < 1.29 is 14.6 Å². The molecule has 0 aliphatic carbocycles. The second-order valence-electron chi connectivity index (χ2n) is 4.84. The highest BCUT2D eigenvalue weighted by Crippen LogP contribution is 2.21. The van der Waals surface area contributed by atoms with Gasteiger partial charge in [-0.1, -0.05) is 25.1 Å². The number of methoxy groups -OCH3 is 1. The molecule has 112 valence electrons. The van der Waals surface area contributed by atoms with Crippen molar-refractivity contribution in [2.75, 3.05) is 13.7 Å². The van der Waals surface area contributed by atoms with E-state index in [1.165, 1.54) is 4.88 Å². The van der Waals surface area contributed by atoms with Gasteiger partial charge in [-0.05, 0) is 29.1 Å². The zero-order valence-corrected chi connectivity index (χ0v) is 12.9. The standard InChI is InChI=1S/C16H19NO3S/c1-11(14-7-4-8-21-14)10-17-16(19)15(18)12-5-3-6-13(9-12)20-2/h3-9,11,15,18H,10H2,1-2H3,(H,17,19). The third-order valence-corrected chi connectivity index (χ3v) is 4.37. The van der Waals surface area contributed by atoms with Crippen molar-refractivity contribution in [3.05, 3.63) is 52.2 Å². The summed E-state index contributed by atoms with van der Waals surface area (Å²) in [5.41, 5.74) is 0.524. The summed E-state index contributed by atoms with van der Waals surface area (Å²) in [5.74, 6) is 0.449. The number of aliphatic hydroxyl groups excluding tert-OH is 1. The Morgan fingerprint density at radius 3 is 2.86 bits per heavy atom. The van der Waals surface area contributed by atoms with Crippen LogP contribution in [0.25, 0.3) is 0 Å². The van der Waals surface area contributed by atoms with Crippen LogP contribution in [0.2, 0.25) is 0 Å². The molecular weight excluding hydrogens is 286 g/mol. The summed E-state index contributed by atoms with van der Waals surface area (Å²) in [6.07, 6.45) is -1.18. The van der Waals surface area contributed by atoms with E-state index in [9.17, 15) is 9.90 Å². The van der Waals surface area contributed by atoms with Crippen molar-refractivity contribution >= 4 is 17.2 Å². The molecule has 2 N–H and O–H groups in total. The molecule has 0 radical (unpaired) electrons. The summed E-state index contributed by atoms with van der Waals surface area (Å²) in [6.45, 7) is 2.55. The summed E-state index contributed by atoms with van der Waals surface area (Å²) in [5, 5.41) is 14.9. The molecule has 1 aromatic carbocycles. The molecule has 0 bridgehead atoms. The molecule has 2 rings (SSSR count). The Labute approximate surface area is 128 Å². The van der Waals surface area contributed by atoms with Gasteiger partial charge >= 0.3 is 0 Å². The lowest BCUT2D eigenvalue weighted by Crippen LogP contribution is -2.32. The van der Waals surface area contributed by atoms with Crippen LogP contribution in [0.3, 0.4) is 0 Å². The van der Waals surface area contributed by atoms with E-state index >= 15 is 0 Å². The van der Waals surface area contributed by atoms with E-state index in [2.05, 4.69) is 5.32 Å². The Balaban J connectivity index is 1.93. The SMILES string of the molecule is COc1cccc(C(O)C(=O)NCC(C)c2cccs2)c1. The highest BCUT2D eigenvalue weighted by Gasteiger charge is 2.18. The summed E-state index contributed by atoms with van der Waals surface area (Å²) >= 11 is 1.66. The van der Waals surface area contributed by atoms with E-state index in [-0.39, 0.29) is 5.92 Å². The number of carbonyl (C=O) groups is 1. The van der Waals surface area contributed by atoms with Gasteiger partial charge in [-0.2, -0.15) is 0 Å². The lowest BCUT2D eigenvalue weighted by molar-refractivity contribution is -0.129. The van der Waals surface area contributed by atoms with Crippen LogP contribution in [0.1, 0.15) is 29.4 Å². The largest absolute Gasteiger partial charge is 0.497 e. The molecule has 0 aliphatic rings. The molecule has 0 aliphatic heterocycles. The maximum atomic E-state index is 12.0. The fourth-order valence-corrected chi connectivity index (χ4v) is 2.77. The van der Waals surface area contributed by atoms with Crippen LogP contribution < -0.4 is 10.1 Å². The number of carbonyl (C=O) groups excluding carboxylic acids is 1. The first-order valence-electron chi connectivity index (χ1n) is 6.75. The fraction of sp³-hybridized carbons (Fsp3) is 0.312. The quantitative estimate of drug-likeness (QED) is 0.862. The van der Waals surface area contributed by atoms with Crippen LogP contribution in [0, 0.1) is 0 Å². The highest BCUT2D eigenvalue weighted by molar-refractivity contribution is 7.10. The smallest absolute Gasteiger partial charge is 0.253 e. The summed E-state index contributed by atoms with van der Waals surface area (Å²) in [4.78, 5) is 13.2. The second kappa shape index (κ2) is 7.24. The van der Waals surface area contributed by atoms with Gasteiger partial charge in [0.15, 0.2) is 6.10 Å². The zero-order chi connectivity index (χ0) is 15.2. The Hall–Kier alpha value is -1.85. The van der Waals surface area contributed by atoms with Gasteiger partial charge in [-0.3, -0.25) is 4.79 Å². The van der Waals surface area contributed by atoms with Crippen molar-refractivity contribution in [3.63, 3.8) is 0 Å². The van der Waals surface area contributed by atoms with E-state index in [0.717, 1.165) is 0 Å². The molecule has 2 unspecified atom stereocenters. The number of benzene rings is 1. The Bertz CT molecular complexity index is 583. The van der Waals surface area contributed by atoms with E-state index < -0.39 is 12.0 Å². The molecule has 0 saturated carbocycles. The lowest BCUT2D eigenvalue weighted by Gasteiger charge is -2.15. The molecule has 1 heterocycles. The van der Waals surface area contributed by atoms with Crippen LogP contribution in [0.5, 0.6) is 5.75 Å². The average Bonchev–Trinajstić information content (AvgIpc) is 3.06. The summed E-state index contributed by atoms with van der Waals surface area (Å²) < 4.78 is 5.09. The number of amides is 1. The fourth-order valence-electron chi connectivity index (χ4n) is 1.99. The van der Waals surface area contributed by atoms with Crippen molar-refractivity contribution in [3.8, 4) is 5.75 Å². The van der Waals surface area contributed by atoms with Crippen LogP contribution in [-0.2, 0) is 4.79 Å². The molecule has 1 amide bonds. The van der Waals surface area contributed by atoms with Crippen molar-refractivity contribution in [1.82, 2.24) is 5.32 Å². The van der Waals surface area contributed by atoms with Gasteiger partial charge in [0.05, 0.1) is 7.11 Å². The Morgan fingerprint density at radius 2 is 2.19 bits per heavy atom. The van der Waals surface area contributed by atoms with E-state index in [0.29, 0.717) is 17.9 Å². The first-order chi connectivity index (χ1) is 10.1. The summed E-state index contributed by atoms with van der Waals surface area (Å²) in [6, 6.07) is 10.9. The maximum absolute atomic E-state index is 12.0. The molecule has 0 saturated heterocycles. The Morgan fingerprint density at radius 1 is 1.38 bits per heavy atom. The first kappa shape index (κ1) is 15.5. The van der Waals surface area contributed by atoms with Gasteiger partial charge in [0.25, 0.3) is 5.91 Å². The van der Waals surface area contributed by atoms with Crippen LogP contribution >= 0.6 is 11.3 Å². The zero-order valence-electron chi connectivity index (χ0n) is 12.1. The number of hydrogen-bond donors (Lipinski definition) is 2. The molecule has 5 heteroatoms. The predicted octanol–water partition coefficient (Wildman–Crippen LogP) is 2.71. The predicted molar refractivity (Wildman–Crippen MR) is 83.7 cm³/mol. The Kier molecular flexibility index (Phi) is 5.36. The molecule has 2 atom stereocenters. The molecule has 1 aromatic heterocycles. The number of rotatable bonds is 6. The van der Waals surface area contributed by atoms with Gasteiger partial charge in [-0.15, -0.1) is 11.3 Å². The first-order valence-corrected chi connectivity index (χ1v) is 7.63. The lowest BCUT2D eigenvalue weighted by atomic mass is 10.1. The normalized spacial score (nSPS) is 13.5. The van der Waals surface area contributed by atoms with Crippen LogP contribution in [0.15, 0.2) is 41.8 Å². The van der Waals surface area contributed by atoms with Gasteiger partial charge in [0.2, 0.25) is 0 Å². The molecule has 2 aromatic rings. The number of aliphatic hydroxyl groups is 1. The maximum Gasteiger partial charge on any atom is 0.253 e. The van der Waals surface area contributed by atoms with Crippen molar-refractivity contribution in [2.24, 2.45) is 0 Å². The second-order valence-corrected chi connectivity index (χ2v) is 5.82. The van der Waals surface area contributed by atoms with Gasteiger partial charge < -0.3 is 15.2 Å². The highest BCUT2D eigenvalue weighted by atomic mass is 32.1. The van der Waals surface area contributed by atoms with E-state index in [1.54, 1.807) is 42.7 Å². The summed E-state index contributed by atoms with van der Waals surface area (Å²) in [7, 11) is 1.55. The van der Waals surface area contributed by atoms with Crippen LogP contribution in [-0.4, -0.2) is 24.7 Å². The van der Waals surface area contributed by atoms with Gasteiger partial charge in [-0.25, -0.2) is 0 Å². The molecule has 0 spiro atoms. The van der Waals surface area contributed by atoms with Gasteiger partial charge in [0.1, 0.15) is 5.75 Å². The minimum absolute atomic E-state index is 0.228. The number of hydrogen-bond acceptors (Lipinski definition) is 4. The average molecular weight is 305 g/mol. The molecule has 21 heavy (non-hydrogen) atoms. The monoisotopic (exact) mass is 305 g/mol. The number of nitrogens with one attached hydrogen (secondary N) is 1. The van der Waals surface area contributed by atoms with E-state index in [4.69, 9.17) is 4.74 Å². The van der Waals surface area contributed by atoms with Gasteiger partial charge in [0, 0.05) is 17.3 Å². The van der Waals surface area contributed by atoms with Crippen molar-refractivity contribution in [1.29, 1.82) is 0 Å². The van der Waals surface area contributed by atoms with Crippen LogP contribution in [0.4, 0.5) is 0 Å². The topological polar surface area (TPSA) is 58.6 Å². The van der Waals surface area contributed by atoms with Crippen molar-refractivity contribution in [2.45, 2.75) is 18.9 Å². The van der Waals surface area contributed by atoms with E-state index in [1.807, 2.05) is 24.4 Å². The third-order valence-electron chi connectivity index (χ3n) is 3.27. The molecular formula is C16H19NO3S. The molecule has 4 nitrogen and oxygen atoms in total. The number of ether oxygens (including phenoxy) is 1. The number of thiophene rings is 1.